The van der Waals surface area contributed by atoms with E-state index in [1.165, 1.54) is 0 Å². The highest BCUT2D eigenvalue weighted by Crippen LogP contribution is 1.96. The van der Waals surface area contributed by atoms with Crippen LogP contribution in [0.4, 0.5) is 0 Å². The van der Waals surface area contributed by atoms with Gasteiger partial charge in [0, 0.05) is 25.7 Å². The molecule has 0 aromatic rings. The van der Waals surface area contributed by atoms with Crippen molar-refractivity contribution in [2.45, 2.75) is 25.7 Å². The monoisotopic (exact) mass is 134 g/mol. The summed E-state index contributed by atoms with van der Waals surface area (Å²) < 4.78 is 0. The van der Waals surface area contributed by atoms with E-state index in [-0.39, 0.29) is 5.78 Å². The fourth-order valence-electron chi connectivity index (χ4n) is 0.548. The summed E-state index contributed by atoms with van der Waals surface area (Å²) in [5.41, 5.74) is 0. The molecule has 52 valence electrons. The van der Waals surface area contributed by atoms with Crippen LogP contribution >= 0.6 is 0 Å². The Hall–Kier alpha value is -1.21. The first kappa shape index (κ1) is 8.79. The smallest absolute Gasteiger partial charge is 0.134 e. The number of hydrogen-bond acceptors (Lipinski definition) is 1. The Morgan fingerprint density at radius 3 is 1.80 bits per heavy atom. The van der Waals surface area contributed by atoms with Crippen molar-refractivity contribution in [3.63, 3.8) is 0 Å². The van der Waals surface area contributed by atoms with Crippen LogP contribution < -0.4 is 0 Å². The zero-order valence-electron chi connectivity index (χ0n) is 5.89. The van der Waals surface area contributed by atoms with Gasteiger partial charge in [-0.15, -0.1) is 24.7 Å². The minimum absolute atomic E-state index is 0.163. The van der Waals surface area contributed by atoms with Gasteiger partial charge in [0.2, 0.25) is 0 Å². The van der Waals surface area contributed by atoms with E-state index in [1.54, 1.807) is 0 Å². The van der Waals surface area contributed by atoms with Crippen molar-refractivity contribution in [3.05, 3.63) is 0 Å². The number of ketones is 1. The normalized spacial score (nSPS) is 7.80. The van der Waals surface area contributed by atoms with Crippen LogP contribution in [-0.4, -0.2) is 5.78 Å². The van der Waals surface area contributed by atoms with Gasteiger partial charge >= 0.3 is 0 Å². The third kappa shape index (κ3) is 4.94. The second kappa shape index (κ2) is 5.92. The number of terminal acetylenes is 2. The topological polar surface area (TPSA) is 17.1 Å². The number of hydrogen-bond donors (Lipinski definition) is 0. The largest absolute Gasteiger partial charge is 0.300 e. The van der Waals surface area contributed by atoms with Gasteiger partial charge in [-0.25, -0.2) is 0 Å². The summed E-state index contributed by atoms with van der Waals surface area (Å²) in [5.74, 6) is 4.97. The maximum absolute atomic E-state index is 10.8. The third-order valence-corrected chi connectivity index (χ3v) is 1.10. The Labute approximate surface area is 61.8 Å². The molecule has 10 heavy (non-hydrogen) atoms. The average Bonchev–Trinajstić information content (AvgIpc) is 1.97. The lowest BCUT2D eigenvalue weighted by Gasteiger charge is -1.91. The maximum Gasteiger partial charge on any atom is 0.134 e. The van der Waals surface area contributed by atoms with Gasteiger partial charge in [0.25, 0.3) is 0 Å². The highest BCUT2D eigenvalue weighted by molar-refractivity contribution is 5.78. The van der Waals surface area contributed by atoms with Crippen molar-refractivity contribution in [2.75, 3.05) is 0 Å². The molecule has 1 heteroatoms. The molecular formula is C9H10O. The molecule has 0 saturated carbocycles. The lowest BCUT2D eigenvalue weighted by Crippen LogP contribution is -1.95. The van der Waals surface area contributed by atoms with Gasteiger partial charge in [0.1, 0.15) is 5.78 Å². The maximum atomic E-state index is 10.8. The molecule has 0 aliphatic carbocycles. The van der Waals surface area contributed by atoms with Crippen LogP contribution in [0.2, 0.25) is 0 Å². The summed E-state index contributed by atoms with van der Waals surface area (Å²) in [7, 11) is 0. The van der Waals surface area contributed by atoms with Gasteiger partial charge in [-0.2, -0.15) is 0 Å². The minimum atomic E-state index is 0.163. The van der Waals surface area contributed by atoms with Crippen molar-refractivity contribution in [2.24, 2.45) is 0 Å². The van der Waals surface area contributed by atoms with Gasteiger partial charge in [0.05, 0.1) is 0 Å². The molecule has 0 fully saturated rings. The summed E-state index contributed by atoms with van der Waals surface area (Å²) in [6, 6.07) is 0. The fraction of sp³-hybridized carbons (Fsp3) is 0.444. The third-order valence-electron chi connectivity index (χ3n) is 1.10. The van der Waals surface area contributed by atoms with E-state index in [0.29, 0.717) is 25.7 Å². The average molecular weight is 134 g/mol. The van der Waals surface area contributed by atoms with E-state index in [1.807, 2.05) is 0 Å². The van der Waals surface area contributed by atoms with E-state index >= 15 is 0 Å². The zero-order chi connectivity index (χ0) is 7.82. The number of carbonyl (C=O) groups excluding carboxylic acids is 1. The Bertz CT molecular complexity index is 158. The fourth-order valence-corrected chi connectivity index (χ4v) is 0.548. The summed E-state index contributed by atoms with van der Waals surface area (Å²) in [6.45, 7) is 0. The molecule has 0 N–H and O–H groups in total. The Morgan fingerprint density at radius 1 is 1.10 bits per heavy atom. The summed E-state index contributed by atoms with van der Waals surface area (Å²) in [6.07, 6.45) is 11.9. The predicted molar refractivity (Wildman–Crippen MR) is 41.1 cm³/mol. The van der Waals surface area contributed by atoms with Crippen molar-refractivity contribution in [3.8, 4) is 24.7 Å². The molecule has 0 aromatic heterocycles. The predicted octanol–water partition coefficient (Wildman–Crippen LogP) is 1.38. The molecule has 0 heterocycles. The van der Waals surface area contributed by atoms with Crippen LogP contribution in [0.1, 0.15) is 25.7 Å². The standard InChI is InChI=1S/C9H10O/c1-3-5-7-9(10)8-6-4-2/h1-2H,5-8H2. The first-order valence-electron chi connectivity index (χ1n) is 3.20. The first-order chi connectivity index (χ1) is 4.81. The molecule has 0 bridgehead atoms. The molecule has 0 saturated heterocycles. The van der Waals surface area contributed by atoms with Crippen molar-refractivity contribution < 1.29 is 4.79 Å². The highest BCUT2D eigenvalue weighted by Gasteiger charge is 1.97. The quantitative estimate of drug-likeness (QED) is 0.531. The molecule has 0 aromatic carbocycles. The Morgan fingerprint density at radius 2 is 1.50 bits per heavy atom. The van der Waals surface area contributed by atoms with Gasteiger partial charge in [0.15, 0.2) is 0 Å². The molecular weight excluding hydrogens is 124 g/mol. The molecule has 0 rings (SSSR count). The SMILES string of the molecule is C#CCCC(=O)CCC#C. The van der Waals surface area contributed by atoms with Gasteiger partial charge < -0.3 is 0 Å². The summed E-state index contributed by atoms with van der Waals surface area (Å²) >= 11 is 0. The van der Waals surface area contributed by atoms with E-state index in [2.05, 4.69) is 11.8 Å². The van der Waals surface area contributed by atoms with E-state index in [0.717, 1.165) is 0 Å². The summed E-state index contributed by atoms with van der Waals surface area (Å²) in [4.78, 5) is 10.8. The lowest BCUT2D eigenvalue weighted by molar-refractivity contribution is -0.118. The number of rotatable bonds is 4. The first-order valence-corrected chi connectivity index (χ1v) is 3.20. The zero-order valence-corrected chi connectivity index (χ0v) is 5.89. The lowest BCUT2D eigenvalue weighted by atomic mass is 10.1. The molecule has 0 aliphatic rings. The van der Waals surface area contributed by atoms with Crippen molar-refractivity contribution in [1.29, 1.82) is 0 Å². The van der Waals surface area contributed by atoms with Crippen LogP contribution in [-0.2, 0) is 4.79 Å². The van der Waals surface area contributed by atoms with Gasteiger partial charge in [-0.05, 0) is 0 Å². The molecule has 0 atom stereocenters. The van der Waals surface area contributed by atoms with Crippen LogP contribution in [0.15, 0.2) is 0 Å². The van der Waals surface area contributed by atoms with Crippen LogP contribution in [0, 0.1) is 24.7 Å². The number of Topliss-reactive ketones (excluding diaryl/α,β-unsaturated/α-hetero) is 1. The Balaban J connectivity index is 3.30. The molecule has 0 radical (unpaired) electrons. The van der Waals surface area contributed by atoms with E-state index in [9.17, 15) is 4.79 Å². The highest BCUT2D eigenvalue weighted by atomic mass is 16.1. The minimum Gasteiger partial charge on any atom is -0.300 e. The van der Waals surface area contributed by atoms with E-state index < -0.39 is 0 Å². The van der Waals surface area contributed by atoms with Crippen molar-refractivity contribution >= 4 is 5.78 Å². The molecule has 1 nitrogen and oxygen atoms in total. The van der Waals surface area contributed by atoms with Gasteiger partial charge in [-0.3, -0.25) is 4.79 Å². The summed E-state index contributed by atoms with van der Waals surface area (Å²) in [5, 5.41) is 0. The van der Waals surface area contributed by atoms with Crippen LogP contribution in [0.25, 0.3) is 0 Å². The Kier molecular flexibility index (Phi) is 5.20. The molecule has 0 amide bonds. The van der Waals surface area contributed by atoms with Crippen LogP contribution in [0.3, 0.4) is 0 Å². The van der Waals surface area contributed by atoms with E-state index in [4.69, 9.17) is 12.8 Å². The second-order valence-corrected chi connectivity index (χ2v) is 1.95. The van der Waals surface area contributed by atoms with Crippen molar-refractivity contribution in [1.82, 2.24) is 0 Å². The van der Waals surface area contributed by atoms with Gasteiger partial charge in [-0.1, -0.05) is 0 Å². The molecule has 0 unspecified atom stereocenters. The molecule has 0 aliphatic heterocycles. The second-order valence-electron chi connectivity index (χ2n) is 1.95. The number of carbonyl (C=O) groups is 1. The molecule has 0 spiro atoms. The van der Waals surface area contributed by atoms with Crippen LogP contribution in [0.5, 0.6) is 0 Å².